The van der Waals surface area contributed by atoms with Crippen LogP contribution in [0, 0.1) is 5.92 Å². The second kappa shape index (κ2) is 9.13. The number of para-hydroxylation sites is 1. The minimum Gasteiger partial charge on any atom is -0.330 e. The van der Waals surface area contributed by atoms with E-state index >= 15 is 0 Å². The molecule has 2 N–H and O–H groups in total. The molecule has 22 heavy (non-hydrogen) atoms. The van der Waals surface area contributed by atoms with Crippen LogP contribution in [0.15, 0.2) is 30.3 Å². The molecule has 1 aromatic rings. The Labute approximate surface area is 140 Å². The fraction of sp³-hybridized carbons (Fsp3) is 0.588. The lowest BCUT2D eigenvalue weighted by Gasteiger charge is -2.34. The van der Waals surface area contributed by atoms with Gasteiger partial charge in [0.25, 0.3) is 0 Å². The summed E-state index contributed by atoms with van der Waals surface area (Å²) < 4.78 is 0. The number of hydrogen-bond donors (Lipinski definition) is 1. The molecule has 1 saturated heterocycles. The highest BCUT2D eigenvalue weighted by Crippen LogP contribution is 2.19. The molecule has 1 fully saturated rings. The summed E-state index contributed by atoms with van der Waals surface area (Å²) in [4.78, 5) is 16.8. The van der Waals surface area contributed by atoms with E-state index < -0.39 is 0 Å². The van der Waals surface area contributed by atoms with Crippen LogP contribution in [0.3, 0.4) is 0 Å². The van der Waals surface area contributed by atoms with Gasteiger partial charge in [-0.3, -0.25) is 9.69 Å². The van der Waals surface area contributed by atoms with Gasteiger partial charge in [-0.15, -0.1) is 12.4 Å². The van der Waals surface area contributed by atoms with Crippen LogP contribution in [0.1, 0.15) is 26.7 Å². The minimum atomic E-state index is 0. The van der Waals surface area contributed by atoms with E-state index in [4.69, 9.17) is 5.73 Å². The van der Waals surface area contributed by atoms with Crippen molar-refractivity contribution in [3.8, 4) is 0 Å². The molecule has 1 unspecified atom stereocenters. The molecular formula is C17H28ClN3O. The first-order chi connectivity index (χ1) is 10.1. The number of benzene rings is 1. The molecule has 1 aromatic carbocycles. The molecule has 1 heterocycles. The van der Waals surface area contributed by atoms with Crippen LogP contribution < -0.4 is 10.6 Å². The normalized spacial score (nSPS) is 18.8. The Balaban J connectivity index is 0.00000242. The monoisotopic (exact) mass is 325 g/mol. The van der Waals surface area contributed by atoms with Gasteiger partial charge in [-0.05, 0) is 57.8 Å². The molecule has 1 amide bonds. The quantitative estimate of drug-likeness (QED) is 0.905. The van der Waals surface area contributed by atoms with Gasteiger partial charge in [-0.2, -0.15) is 0 Å². The van der Waals surface area contributed by atoms with E-state index in [-0.39, 0.29) is 24.4 Å². The maximum atomic E-state index is 12.7. The van der Waals surface area contributed by atoms with Crippen molar-refractivity contribution < 1.29 is 4.79 Å². The highest BCUT2D eigenvalue weighted by Gasteiger charge is 2.24. The van der Waals surface area contributed by atoms with Crippen molar-refractivity contribution in [3.05, 3.63) is 30.3 Å². The molecular weight excluding hydrogens is 298 g/mol. The van der Waals surface area contributed by atoms with E-state index in [1.807, 2.05) is 35.2 Å². The predicted molar refractivity (Wildman–Crippen MR) is 94.5 cm³/mol. The topological polar surface area (TPSA) is 49.6 Å². The van der Waals surface area contributed by atoms with Crippen molar-refractivity contribution in [1.29, 1.82) is 0 Å². The van der Waals surface area contributed by atoms with E-state index in [0.717, 1.165) is 31.7 Å². The van der Waals surface area contributed by atoms with Crippen LogP contribution in [-0.2, 0) is 4.79 Å². The highest BCUT2D eigenvalue weighted by atomic mass is 35.5. The lowest BCUT2D eigenvalue weighted by atomic mass is 9.98. The fourth-order valence-electron chi connectivity index (χ4n) is 3.07. The predicted octanol–water partition coefficient (Wildman–Crippen LogP) is 2.52. The SMILES string of the molecule is CC(C)N(C(=O)CN1CCCC(CN)C1)c1ccccc1.Cl. The molecule has 5 heteroatoms. The second-order valence-corrected chi connectivity index (χ2v) is 6.17. The molecule has 0 aromatic heterocycles. The lowest BCUT2D eigenvalue weighted by Crippen LogP contribution is -2.47. The fourth-order valence-corrected chi connectivity index (χ4v) is 3.07. The number of nitrogens with two attached hydrogens (primary N) is 1. The Morgan fingerprint density at radius 1 is 1.36 bits per heavy atom. The van der Waals surface area contributed by atoms with Crippen molar-refractivity contribution in [2.24, 2.45) is 11.7 Å². The summed E-state index contributed by atoms with van der Waals surface area (Å²) in [5.41, 5.74) is 6.75. The highest BCUT2D eigenvalue weighted by molar-refractivity contribution is 5.95. The number of carbonyl (C=O) groups excluding carboxylic acids is 1. The van der Waals surface area contributed by atoms with E-state index in [2.05, 4.69) is 18.7 Å². The van der Waals surface area contributed by atoms with E-state index in [1.54, 1.807) is 0 Å². The molecule has 0 radical (unpaired) electrons. The third-order valence-electron chi connectivity index (χ3n) is 4.11. The van der Waals surface area contributed by atoms with Crippen molar-refractivity contribution >= 4 is 24.0 Å². The number of rotatable bonds is 5. The first kappa shape index (κ1) is 18.9. The zero-order chi connectivity index (χ0) is 15.2. The smallest absolute Gasteiger partial charge is 0.241 e. The summed E-state index contributed by atoms with van der Waals surface area (Å²) in [5.74, 6) is 0.713. The van der Waals surface area contributed by atoms with Gasteiger partial charge in [0, 0.05) is 18.3 Å². The van der Waals surface area contributed by atoms with Crippen molar-refractivity contribution in [2.75, 3.05) is 31.1 Å². The van der Waals surface area contributed by atoms with Crippen molar-refractivity contribution in [2.45, 2.75) is 32.7 Å². The number of likely N-dealkylation sites (tertiary alicyclic amines) is 1. The van der Waals surface area contributed by atoms with Gasteiger partial charge in [-0.1, -0.05) is 18.2 Å². The third kappa shape index (κ3) is 4.97. The van der Waals surface area contributed by atoms with Crippen molar-refractivity contribution in [3.63, 3.8) is 0 Å². The number of amides is 1. The average molecular weight is 326 g/mol. The molecule has 1 atom stereocenters. The Hall–Kier alpha value is -1.10. The zero-order valence-electron chi connectivity index (χ0n) is 13.6. The standard InChI is InChI=1S/C17H27N3O.ClH/c1-14(2)20(16-8-4-3-5-9-16)17(21)13-19-10-6-7-15(11-18)12-19;/h3-5,8-9,14-15H,6-7,10-13,18H2,1-2H3;1H. The molecule has 0 bridgehead atoms. The largest absolute Gasteiger partial charge is 0.330 e. The van der Waals surface area contributed by atoms with Crippen LogP contribution in [0.25, 0.3) is 0 Å². The molecule has 2 rings (SSSR count). The molecule has 1 aliphatic heterocycles. The summed E-state index contributed by atoms with van der Waals surface area (Å²) in [6.45, 7) is 7.28. The number of carbonyl (C=O) groups is 1. The van der Waals surface area contributed by atoms with Crippen LogP contribution in [-0.4, -0.2) is 43.0 Å². The van der Waals surface area contributed by atoms with Crippen LogP contribution in [0.5, 0.6) is 0 Å². The summed E-state index contributed by atoms with van der Waals surface area (Å²) in [6.07, 6.45) is 2.33. The summed E-state index contributed by atoms with van der Waals surface area (Å²) >= 11 is 0. The molecule has 124 valence electrons. The molecule has 0 aliphatic carbocycles. The third-order valence-corrected chi connectivity index (χ3v) is 4.11. The molecule has 0 spiro atoms. The Morgan fingerprint density at radius 3 is 2.64 bits per heavy atom. The number of hydrogen-bond acceptors (Lipinski definition) is 3. The molecule has 4 nitrogen and oxygen atoms in total. The Kier molecular flexibility index (Phi) is 7.87. The van der Waals surface area contributed by atoms with Gasteiger partial charge in [0.05, 0.1) is 6.54 Å². The van der Waals surface area contributed by atoms with Gasteiger partial charge in [0.2, 0.25) is 5.91 Å². The Bertz CT molecular complexity index is 452. The summed E-state index contributed by atoms with van der Waals surface area (Å²) in [7, 11) is 0. The lowest BCUT2D eigenvalue weighted by molar-refractivity contribution is -0.120. The van der Waals surface area contributed by atoms with Gasteiger partial charge in [0.15, 0.2) is 0 Å². The van der Waals surface area contributed by atoms with Gasteiger partial charge < -0.3 is 10.6 Å². The summed E-state index contributed by atoms with van der Waals surface area (Å²) in [6, 6.07) is 10.1. The average Bonchev–Trinajstić information content (AvgIpc) is 2.48. The minimum absolute atomic E-state index is 0. The van der Waals surface area contributed by atoms with E-state index in [9.17, 15) is 4.79 Å². The van der Waals surface area contributed by atoms with E-state index in [1.165, 1.54) is 6.42 Å². The van der Waals surface area contributed by atoms with Gasteiger partial charge in [0.1, 0.15) is 0 Å². The summed E-state index contributed by atoms with van der Waals surface area (Å²) in [5, 5.41) is 0. The van der Waals surface area contributed by atoms with Crippen LogP contribution in [0.4, 0.5) is 5.69 Å². The first-order valence-corrected chi connectivity index (χ1v) is 7.91. The number of nitrogens with zero attached hydrogens (tertiary/aromatic N) is 2. The van der Waals surface area contributed by atoms with Gasteiger partial charge in [-0.25, -0.2) is 0 Å². The number of piperidine rings is 1. The first-order valence-electron chi connectivity index (χ1n) is 7.91. The van der Waals surface area contributed by atoms with Crippen LogP contribution >= 0.6 is 12.4 Å². The molecule has 1 aliphatic rings. The van der Waals surface area contributed by atoms with Crippen molar-refractivity contribution in [1.82, 2.24) is 4.90 Å². The maximum absolute atomic E-state index is 12.7. The number of anilines is 1. The Morgan fingerprint density at radius 2 is 2.05 bits per heavy atom. The maximum Gasteiger partial charge on any atom is 0.241 e. The van der Waals surface area contributed by atoms with Gasteiger partial charge >= 0.3 is 0 Å². The van der Waals surface area contributed by atoms with E-state index in [0.29, 0.717) is 12.5 Å². The number of halogens is 1. The molecule has 0 saturated carbocycles. The second-order valence-electron chi connectivity index (χ2n) is 6.17. The van der Waals surface area contributed by atoms with Crippen LogP contribution in [0.2, 0.25) is 0 Å². The zero-order valence-corrected chi connectivity index (χ0v) is 14.4.